The maximum absolute atomic E-state index is 12.5. The summed E-state index contributed by atoms with van der Waals surface area (Å²) in [5.74, 6) is 0. The summed E-state index contributed by atoms with van der Waals surface area (Å²) in [5, 5.41) is 0. The van der Waals surface area contributed by atoms with Gasteiger partial charge in [0.25, 0.3) is 0 Å². The van der Waals surface area contributed by atoms with Gasteiger partial charge in [0.05, 0.1) is 0 Å². The minimum atomic E-state index is -4.63. The van der Waals surface area contributed by atoms with Crippen LogP contribution in [0.15, 0.2) is 32.0 Å². The van der Waals surface area contributed by atoms with Gasteiger partial charge in [0.2, 0.25) is 0 Å². The Labute approximate surface area is 86.3 Å². The van der Waals surface area contributed by atoms with Gasteiger partial charge in [-0.1, -0.05) is 15.9 Å². The lowest BCUT2D eigenvalue weighted by Crippen LogP contribution is -1.92. The zero-order valence-corrected chi connectivity index (χ0v) is 9.58. The van der Waals surface area contributed by atoms with Crippen LogP contribution in [0.25, 0.3) is 0 Å². The highest BCUT2D eigenvalue weighted by Crippen LogP contribution is 2.26. The van der Waals surface area contributed by atoms with Crippen LogP contribution < -0.4 is 0 Å². The summed E-state index contributed by atoms with van der Waals surface area (Å²) < 4.78 is 34.2. The zero-order chi connectivity index (χ0) is 9.35. The van der Waals surface area contributed by atoms with E-state index in [2.05, 4.69) is 31.9 Å². The molecule has 0 aliphatic carbocycles. The van der Waals surface area contributed by atoms with Gasteiger partial charge in [-0.3, -0.25) is 0 Å². The smallest absolute Gasteiger partial charge is 0.189 e. The van der Waals surface area contributed by atoms with Crippen molar-refractivity contribution in [3.63, 3.8) is 0 Å². The van der Waals surface area contributed by atoms with Crippen LogP contribution in [0, 0.1) is 0 Å². The van der Waals surface area contributed by atoms with E-state index in [1.54, 1.807) is 6.07 Å². The number of halogens is 3. The molecule has 1 aromatic rings. The van der Waals surface area contributed by atoms with Crippen LogP contribution >= 0.6 is 31.9 Å². The first-order valence-electron chi connectivity index (χ1n) is 2.81. The molecule has 0 amide bonds. The molecule has 0 aliphatic rings. The van der Waals surface area contributed by atoms with Crippen LogP contribution in [0.2, 0.25) is 0 Å². The van der Waals surface area contributed by atoms with Gasteiger partial charge in [0, 0.05) is 8.95 Å². The summed E-state index contributed by atoms with van der Waals surface area (Å²) in [7, 11) is -4.63. The average molecular weight is 318 g/mol. The number of hydrogen-bond donors (Lipinski definition) is 0. The van der Waals surface area contributed by atoms with Crippen LogP contribution in [0.4, 0.5) is 3.89 Å². The Balaban J connectivity index is 3.43. The molecule has 0 radical (unpaired) electrons. The number of benzene rings is 1. The molecule has 0 unspecified atom stereocenters. The van der Waals surface area contributed by atoms with Crippen molar-refractivity contribution in [1.29, 1.82) is 0 Å². The highest BCUT2D eigenvalue weighted by Gasteiger charge is 2.15. The van der Waals surface area contributed by atoms with E-state index in [4.69, 9.17) is 0 Å². The van der Waals surface area contributed by atoms with Crippen LogP contribution in [-0.2, 0) is 10.2 Å². The summed E-state index contributed by atoms with van der Waals surface area (Å²) in [5.41, 5.74) is 0. The highest BCUT2D eigenvalue weighted by atomic mass is 79.9. The quantitative estimate of drug-likeness (QED) is 0.746. The van der Waals surface area contributed by atoms with E-state index in [1.165, 1.54) is 12.1 Å². The summed E-state index contributed by atoms with van der Waals surface area (Å²) >= 11 is 5.96. The van der Waals surface area contributed by atoms with Crippen molar-refractivity contribution in [2.45, 2.75) is 4.90 Å². The molecule has 2 nitrogen and oxygen atoms in total. The minimum absolute atomic E-state index is 0.216. The van der Waals surface area contributed by atoms with E-state index in [0.29, 0.717) is 4.47 Å². The van der Waals surface area contributed by atoms with Crippen molar-refractivity contribution >= 4 is 42.1 Å². The molecule has 0 heterocycles. The third-order valence-electron chi connectivity index (χ3n) is 1.16. The van der Waals surface area contributed by atoms with Gasteiger partial charge in [-0.15, -0.1) is 3.89 Å². The Hall–Kier alpha value is 0.0600. The molecule has 0 fully saturated rings. The molecule has 0 spiro atoms. The van der Waals surface area contributed by atoms with Crippen LogP contribution in [-0.4, -0.2) is 8.42 Å². The molecular weight excluding hydrogens is 315 g/mol. The molecule has 1 rings (SSSR count). The van der Waals surface area contributed by atoms with E-state index in [9.17, 15) is 12.3 Å². The zero-order valence-electron chi connectivity index (χ0n) is 5.59. The van der Waals surface area contributed by atoms with Gasteiger partial charge < -0.3 is 0 Å². The van der Waals surface area contributed by atoms with Gasteiger partial charge in [0.1, 0.15) is 4.90 Å². The normalized spacial score (nSPS) is 11.6. The molecule has 6 heteroatoms. The highest BCUT2D eigenvalue weighted by molar-refractivity contribution is 9.11. The Morgan fingerprint density at radius 2 is 1.83 bits per heavy atom. The van der Waals surface area contributed by atoms with Crippen molar-refractivity contribution in [3.8, 4) is 0 Å². The second-order valence-corrected chi connectivity index (χ2v) is 5.10. The molecule has 0 saturated heterocycles. The van der Waals surface area contributed by atoms with Crippen LogP contribution in [0.1, 0.15) is 0 Å². The molecule has 12 heavy (non-hydrogen) atoms. The number of rotatable bonds is 1. The van der Waals surface area contributed by atoms with Crippen LogP contribution in [0.5, 0.6) is 0 Å². The fraction of sp³-hybridized carbons (Fsp3) is 0. The molecular formula is C6H3Br2FO2S. The molecule has 0 N–H and O–H groups in total. The first-order valence-corrected chi connectivity index (χ1v) is 5.78. The maximum Gasteiger partial charge on any atom is 0.333 e. The lowest BCUT2D eigenvalue weighted by molar-refractivity contribution is 0.551. The Kier molecular flexibility index (Phi) is 2.90. The molecule has 0 atom stereocenters. The van der Waals surface area contributed by atoms with Crippen molar-refractivity contribution in [3.05, 3.63) is 27.1 Å². The lowest BCUT2D eigenvalue weighted by atomic mass is 10.4. The van der Waals surface area contributed by atoms with E-state index < -0.39 is 10.2 Å². The molecule has 1 aromatic carbocycles. The molecule has 0 aliphatic heterocycles. The van der Waals surface area contributed by atoms with Crippen LogP contribution in [0.3, 0.4) is 0 Å². The third-order valence-corrected chi connectivity index (χ3v) is 3.47. The molecule has 0 saturated carbocycles. The maximum atomic E-state index is 12.5. The SMILES string of the molecule is O=S(=O)(F)c1cc(Br)ccc1Br. The Morgan fingerprint density at radius 1 is 1.25 bits per heavy atom. The van der Waals surface area contributed by atoms with Gasteiger partial charge in [-0.25, -0.2) is 0 Å². The largest absolute Gasteiger partial charge is 0.333 e. The van der Waals surface area contributed by atoms with E-state index in [-0.39, 0.29) is 9.37 Å². The summed E-state index contributed by atoms with van der Waals surface area (Å²) in [6.45, 7) is 0. The molecule has 0 aromatic heterocycles. The Bertz CT molecular complexity index is 402. The van der Waals surface area contributed by atoms with Crippen molar-refractivity contribution in [2.24, 2.45) is 0 Å². The third kappa shape index (κ3) is 2.27. The molecule has 66 valence electrons. The Morgan fingerprint density at radius 3 is 2.25 bits per heavy atom. The van der Waals surface area contributed by atoms with Gasteiger partial charge in [-0.2, -0.15) is 8.42 Å². The predicted molar refractivity (Wildman–Crippen MR) is 50.1 cm³/mol. The first kappa shape index (κ1) is 10.1. The van der Waals surface area contributed by atoms with E-state index in [0.717, 1.165) is 0 Å². The van der Waals surface area contributed by atoms with Gasteiger partial charge in [0.15, 0.2) is 0 Å². The van der Waals surface area contributed by atoms with Crippen molar-refractivity contribution in [1.82, 2.24) is 0 Å². The minimum Gasteiger partial charge on any atom is -0.189 e. The summed E-state index contributed by atoms with van der Waals surface area (Å²) in [4.78, 5) is -0.364. The predicted octanol–water partition coefficient (Wildman–Crippen LogP) is 2.87. The monoisotopic (exact) mass is 316 g/mol. The second-order valence-electron chi connectivity index (χ2n) is 2.01. The number of hydrogen-bond acceptors (Lipinski definition) is 2. The van der Waals surface area contributed by atoms with E-state index >= 15 is 0 Å². The van der Waals surface area contributed by atoms with Gasteiger partial charge in [-0.05, 0) is 34.1 Å². The lowest BCUT2D eigenvalue weighted by Gasteiger charge is -1.98. The molecule has 0 bridgehead atoms. The van der Waals surface area contributed by atoms with Crippen molar-refractivity contribution < 1.29 is 12.3 Å². The summed E-state index contributed by atoms with van der Waals surface area (Å²) in [6.07, 6.45) is 0. The fourth-order valence-electron chi connectivity index (χ4n) is 0.664. The van der Waals surface area contributed by atoms with Gasteiger partial charge >= 0.3 is 10.2 Å². The average Bonchev–Trinajstić information content (AvgIpc) is 1.92. The fourth-order valence-corrected chi connectivity index (χ4v) is 2.57. The summed E-state index contributed by atoms with van der Waals surface area (Å²) in [6, 6.07) is 4.26. The van der Waals surface area contributed by atoms with Crippen molar-refractivity contribution in [2.75, 3.05) is 0 Å². The standard InChI is InChI=1S/C6H3Br2FO2S/c7-4-1-2-5(8)6(3-4)12(9,10)11/h1-3H. The first-order chi connectivity index (χ1) is 5.41. The topological polar surface area (TPSA) is 34.1 Å². The second kappa shape index (κ2) is 3.43. The van der Waals surface area contributed by atoms with E-state index in [1.807, 2.05) is 0 Å².